The van der Waals surface area contributed by atoms with Crippen LogP contribution >= 0.6 is 0 Å². The fraction of sp³-hybridized carbons (Fsp3) is 0.167. The molecule has 0 atom stereocenters. The maximum atomic E-state index is 13.3. The highest BCUT2D eigenvalue weighted by molar-refractivity contribution is 5.96. The van der Waals surface area contributed by atoms with E-state index in [4.69, 9.17) is 4.42 Å². The Morgan fingerprint density at radius 2 is 1.95 bits per heavy atom. The van der Waals surface area contributed by atoms with Crippen molar-refractivity contribution in [3.63, 3.8) is 0 Å². The number of furan rings is 1. The maximum Gasteiger partial charge on any atom is 0.289 e. The first-order valence-electron chi connectivity index (χ1n) is 7.19. The maximum absolute atomic E-state index is 13.3. The molecular formula is C18H16FNO2. The van der Waals surface area contributed by atoms with Gasteiger partial charge in [0.15, 0.2) is 5.76 Å². The lowest BCUT2D eigenvalue weighted by Gasteiger charge is -2.19. The molecule has 112 valence electrons. The molecule has 0 aliphatic carbocycles. The van der Waals surface area contributed by atoms with Crippen molar-refractivity contribution in [2.75, 3.05) is 6.54 Å². The van der Waals surface area contributed by atoms with E-state index in [0.29, 0.717) is 24.4 Å². The Morgan fingerprint density at radius 1 is 1.14 bits per heavy atom. The molecule has 0 aliphatic heterocycles. The fourth-order valence-corrected chi connectivity index (χ4v) is 2.43. The molecular weight excluding hydrogens is 281 g/mol. The molecule has 4 heteroatoms. The second-order valence-corrected chi connectivity index (χ2v) is 5.10. The Labute approximate surface area is 128 Å². The monoisotopic (exact) mass is 297 g/mol. The number of benzene rings is 2. The Kier molecular flexibility index (Phi) is 3.92. The van der Waals surface area contributed by atoms with Crippen LogP contribution in [-0.4, -0.2) is 17.4 Å². The van der Waals surface area contributed by atoms with E-state index in [1.165, 1.54) is 12.1 Å². The van der Waals surface area contributed by atoms with Gasteiger partial charge >= 0.3 is 0 Å². The number of hydrogen-bond acceptors (Lipinski definition) is 2. The predicted molar refractivity (Wildman–Crippen MR) is 83.0 cm³/mol. The number of nitrogens with zero attached hydrogens (tertiary/aromatic N) is 1. The zero-order valence-corrected chi connectivity index (χ0v) is 12.3. The Balaban J connectivity index is 1.84. The van der Waals surface area contributed by atoms with E-state index in [2.05, 4.69) is 0 Å². The quantitative estimate of drug-likeness (QED) is 0.722. The molecule has 2 aromatic carbocycles. The van der Waals surface area contributed by atoms with Crippen molar-refractivity contribution in [2.45, 2.75) is 13.5 Å². The van der Waals surface area contributed by atoms with Gasteiger partial charge < -0.3 is 9.32 Å². The molecule has 22 heavy (non-hydrogen) atoms. The topological polar surface area (TPSA) is 33.5 Å². The number of carbonyl (C=O) groups is 1. The predicted octanol–water partition coefficient (Wildman–Crippen LogP) is 4.23. The molecule has 1 heterocycles. The van der Waals surface area contributed by atoms with Crippen LogP contribution in [0.5, 0.6) is 0 Å². The molecule has 0 aliphatic rings. The van der Waals surface area contributed by atoms with Crippen molar-refractivity contribution < 1.29 is 13.6 Å². The summed E-state index contributed by atoms with van der Waals surface area (Å²) in [4.78, 5) is 14.2. The molecule has 0 saturated heterocycles. The van der Waals surface area contributed by atoms with Gasteiger partial charge in [-0.1, -0.05) is 30.3 Å². The highest BCUT2D eigenvalue weighted by Crippen LogP contribution is 2.20. The summed E-state index contributed by atoms with van der Waals surface area (Å²) in [5.41, 5.74) is 1.44. The first kappa shape index (κ1) is 14.3. The molecule has 1 aromatic heterocycles. The van der Waals surface area contributed by atoms with Crippen LogP contribution in [0.1, 0.15) is 23.0 Å². The molecule has 0 radical (unpaired) electrons. The Hall–Kier alpha value is -2.62. The number of halogens is 1. The molecule has 3 rings (SSSR count). The molecule has 0 N–H and O–H groups in total. The van der Waals surface area contributed by atoms with Gasteiger partial charge in [-0.05, 0) is 36.8 Å². The number of carbonyl (C=O) groups excluding carboxylic acids is 1. The summed E-state index contributed by atoms with van der Waals surface area (Å²) in [7, 11) is 0. The summed E-state index contributed by atoms with van der Waals surface area (Å²) >= 11 is 0. The lowest BCUT2D eigenvalue weighted by Crippen LogP contribution is -2.30. The summed E-state index contributed by atoms with van der Waals surface area (Å²) in [6, 6.07) is 15.5. The molecule has 0 unspecified atom stereocenters. The minimum atomic E-state index is -0.301. The van der Waals surface area contributed by atoms with Crippen LogP contribution in [0.25, 0.3) is 11.0 Å². The van der Waals surface area contributed by atoms with Crippen molar-refractivity contribution in [1.29, 1.82) is 0 Å². The van der Waals surface area contributed by atoms with Gasteiger partial charge in [-0.3, -0.25) is 4.79 Å². The SMILES string of the molecule is CCN(Cc1cccc(F)c1)C(=O)c1cc2ccccc2o1. The smallest absolute Gasteiger partial charge is 0.289 e. The first-order chi connectivity index (χ1) is 10.7. The van der Waals surface area contributed by atoms with Crippen LogP contribution in [0.3, 0.4) is 0 Å². The first-order valence-corrected chi connectivity index (χ1v) is 7.19. The largest absolute Gasteiger partial charge is 0.451 e. The normalized spacial score (nSPS) is 10.8. The third-order valence-electron chi connectivity index (χ3n) is 3.57. The third kappa shape index (κ3) is 2.86. The molecule has 0 saturated carbocycles. The van der Waals surface area contributed by atoms with Crippen molar-refractivity contribution in [3.05, 3.63) is 71.7 Å². The van der Waals surface area contributed by atoms with E-state index in [0.717, 1.165) is 10.9 Å². The second kappa shape index (κ2) is 6.02. The number of rotatable bonds is 4. The molecule has 0 spiro atoms. The number of amides is 1. The number of para-hydroxylation sites is 1. The van der Waals surface area contributed by atoms with Gasteiger partial charge in [0.25, 0.3) is 5.91 Å². The van der Waals surface area contributed by atoms with Gasteiger partial charge in [0.1, 0.15) is 11.4 Å². The van der Waals surface area contributed by atoms with E-state index in [9.17, 15) is 9.18 Å². The molecule has 0 bridgehead atoms. The highest BCUT2D eigenvalue weighted by atomic mass is 19.1. The highest BCUT2D eigenvalue weighted by Gasteiger charge is 2.19. The lowest BCUT2D eigenvalue weighted by molar-refractivity contribution is 0.0722. The van der Waals surface area contributed by atoms with Crippen LogP contribution in [0.4, 0.5) is 4.39 Å². The molecule has 0 fully saturated rings. The Morgan fingerprint density at radius 3 is 2.68 bits per heavy atom. The Bertz CT molecular complexity index is 776. The summed E-state index contributed by atoms with van der Waals surface area (Å²) < 4.78 is 18.9. The summed E-state index contributed by atoms with van der Waals surface area (Å²) in [6.07, 6.45) is 0. The number of fused-ring (bicyclic) bond motifs is 1. The summed E-state index contributed by atoms with van der Waals surface area (Å²) in [5, 5.41) is 0.896. The molecule has 3 nitrogen and oxygen atoms in total. The van der Waals surface area contributed by atoms with Gasteiger partial charge in [0.2, 0.25) is 0 Å². The van der Waals surface area contributed by atoms with E-state index < -0.39 is 0 Å². The van der Waals surface area contributed by atoms with Crippen molar-refractivity contribution in [3.8, 4) is 0 Å². The average molecular weight is 297 g/mol. The van der Waals surface area contributed by atoms with Crippen molar-refractivity contribution in [2.24, 2.45) is 0 Å². The van der Waals surface area contributed by atoms with Crippen LogP contribution in [0.15, 0.2) is 59.0 Å². The van der Waals surface area contributed by atoms with Gasteiger partial charge in [-0.25, -0.2) is 4.39 Å². The van der Waals surface area contributed by atoms with Crippen LogP contribution in [0, 0.1) is 5.82 Å². The van der Waals surface area contributed by atoms with Crippen LogP contribution in [-0.2, 0) is 6.54 Å². The van der Waals surface area contributed by atoms with E-state index >= 15 is 0 Å². The van der Waals surface area contributed by atoms with Gasteiger partial charge in [-0.2, -0.15) is 0 Å². The minimum absolute atomic E-state index is 0.192. The molecule has 3 aromatic rings. The van der Waals surface area contributed by atoms with Gasteiger partial charge in [0, 0.05) is 18.5 Å². The minimum Gasteiger partial charge on any atom is -0.451 e. The summed E-state index contributed by atoms with van der Waals surface area (Å²) in [5.74, 6) is -0.188. The fourth-order valence-electron chi connectivity index (χ4n) is 2.43. The zero-order valence-electron chi connectivity index (χ0n) is 12.3. The van der Waals surface area contributed by atoms with E-state index in [-0.39, 0.29) is 11.7 Å². The zero-order chi connectivity index (χ0) is 15.5. The number of hydrogen-bond donors (Lipinski definition) is 0. The van der Waals surface area contributed by atoms with Crippen molar-refractivity contribution >= 4 is 16.9 Å². The van der Waals surface area contributed by atoms with E-state index in [1.54, 1.807) is 23.1 Å². The summed E-state index contributed by atoms with van der Waals surface area (Å²) in [6.45, 7) is 2.76. The van der Waals surface area contributed by atoms with Gasteiger partial charge in [-0.15, -0.1) is 0 Å². The third-order valence-corrected chi connectivity index (χ3v) is 3.57. The van der Waals surface area contributed by atoms with Crippen LogP contribution in [0.2, 0.25) is 0 Å². The van der Waals surface area contributed by atoms with Gasteiger partial charge in [0.05, 0.1) is 0 Å². The average Bonchev–Trinajstić information content (AvgIpc) is 2.96. The lowest BCUT2D eigenvalue weighted by atomic mass is 10.2. The van der Waals surface area contributed by atoms with E-state index in [1.807, 2.05) is 31.2 Å². The molecule has 1 amide bonds. The van der Waals surface area contributed by atoms with Crippen molar-refractivity contribution in [1.82, 2.24) is 4.90 Å². The second-order valence-electron chi connectivity index (χ2n) is 5.10. The van der Waals surface area contributed by atoms with Crippen LogP contribution < -0.4 is 0 Å². The standard InChI is InChI=1S/C18H16FNO2/c1-2-20(12-13-6-5-8-15(19)10-13)18(21)17-11-14-7-3-4-9-16(14)22-17/h3-11H,2,12H2,1H3.